The molecule has 1 aliphatic rings. The van der Waals surface area contributed by atoms with Crippen molar-refractivity contribution in [3.05, 3.63) is 76.3 Å². The van der Waals surface area contributed by atoms with Crippen LogP contribution >= 0.6 is 23.8 Å². The topological polar surface area (TPSA) is 71.5 Å². The molecule has 0 spiro atoms. The normalized spacial score (nSPS) is 15.5. The van der Waals surface area contributed by atoms with Gasteiger partial charge in [0.2, 0.25) is 0 Å². The number of anilines is 1. The number of thiocarbonyl (C=S) groups is 1. The van der Waals surface area contributed by atoms with E-state index in [4.69, 9.17) is 17.0 Å². The molecule has 150 valence electrons. The Morgan fingerprint density at radius 2 is 1.70 bits per heavy atom. The Morgan fingerprint density at radius 1 is 1.03 bits per heavy atom. The summed E-state index contributed by atoms with van der Waals surface area (Å²) >= 11 is 6.59. The van der Waals surface area contributed by atoms with E-state index in [1.165, 1.54) is 16.4 Å². The molecule has 0 saturated carbocycles. The van der Waals surface area contributed by atoms with E-state index in [2.05, 4.69) is 9.69 Å². The van der Waals surface area contributed by atoms with E-state index in [0.717, 1.165) is 16.1 Å². The maximum atomic E-state index is 13.1. The number of benzene rings is 2. The van der Waals surface area contributed by atoms with Crippen molar-refractivity contribution in [3.8, 4) is 11.5 Å². The lowest BCUT2D eigenvalue weighted by Crippen LogP contribution is -2.54. The minimum Gasteiger partial charge on any atom is -0.457 e. The monoisotopic (exact) mass is 435 g/mol. The second-order valence-corrected chi connectivity index (χ2v) is 7.97. The average Bonchev–Trinajstić information content (AvgIpc) is 3.04. The molecule has 2 amide bonds. The zero-order valence-corrected chi connectivity index (χ0v) is 17.8. The number of carbonyl (C=O) groups excluding carboxylic acids is 2. The van der Waals surface area contributed by atoms with Crippen LogP contribution in [-0.4, -0.2) is 21.3 Å². The third-order valence-corrected chi connectivity index (χ3v) is 5.70. The van der Waals surface area contributed by atoms with Crippen LogP contribution in [-0.2, 0) is 9.59 Å². The molecule has 1 aliphatic heterocycles. The third-order valence-electron chi connectivity index (χ3n) is 4.55. The molecule has 30 heavy (non-hydrogen) atoms. The predicted octanol–water partition coefficient (Wildman–Crippen LogP) is 4.38. The minimum atomic E-state index is -0.518. The minimum absolute atomic E-state index is 0.0135. The summed E-state index contributed by atoms with van der Waals surface area (Å²) in [5.74, 6) is 0.332. The first-order chi connectivity index (χ1) is 14.4. The molecule has 3 aromatic rings. The molecule has 1 aromatic heterocycles. The van der Waals surface area contributed by atoms with Crippen molar-refractivity contribution in [3.63, 3.8) is 0 Å². The first-order valence-corrected chi connectivity index (χ1v) is 10.3. The molecule has 2 aromatic carbocycles. The summed E-state index contributed by atoms with van der Waals surface area (Å²) < 4.78 is 10.1. The Hall–Kier alpha value is -3.36. The van der Waals surface area contributed by atoms with Gasteiger partial charge in [-0.05, 0) is 80.1 Å². The predicted molar refractivity (Wildman–Crippen MR) is 121 cm³/mol. The van der Waals surface area contributed by atoms with Gasteiger partial charge in [-0.25, -0.2) is 0 Å². The highest BCUT2D eigenvalue weighted by Crippen LogP contribution is 2.28. The molecular formula is C22H17N3O3S2. The molecule has 2 heterocycles. The zero-order chi connectivity index (χ0) is 21.3. The van der Waals surface area contributed by atoms with Crippen molar-refractivity contribution in [2.45, 2.75) is 13.8 Å². The molecule has 0 radical (unpaired) electrons. The maximum Gasteiger partial charge on any atom is 0.270 e. The summed E-state index contributed by atoms with van der Waals surface area (Å²) in [6.45, 7) is 3.74. The van der Waals surface area contributed by atoms with Gasteiger partial charge in [0.25, 0.3) is 11.8 Å². The lowest BCUT2D eigenvalue weighted by atomic mass is 10.1. The standard InChI is InChI=1S/C22H17N3O3S2/c1-13-18(14(2)30-24-13)12-19-20(26)23-22(29)25(21(19)27)15-8-10-17(11-9-15)28-16-6-4-3-5-7-16/h3-12H,1-2H3,(H,23,26,29). The fourth-order valence-electron chi connectivity index (χ4n) is 3.02. The molecule has 8 heteroatoms. The van der Waals surface area contributed by atoms with E-state index in [0.29, 0.717) is 17.2 Å². The van der Waals surface area contributed by atoms with Gasteiger partial charge in [0, 0.05) is 10.4 Å². The van der Waals surface area contributed by atoms with Gasteiger partial charge < -0.3 is 4.74 Å². The van der Waals surface area contributed by atoms with Crippen LogP contribution in [0.4, 0.5) is 5.69 Å². The molecule has 6 nitrogen and oxygen atoms in total. The number of nitrogens with zero attached hydrogens (tertiary/aromatic N) is 2. The smallest absolute Gasteiger partial charge is 0.270 e. The maximum absolute atomic E-state index is 13.1. The van der Waals surface area contributed by atoms with Crippen molar-refractivity contribution >= 4 is 52.4 Å². The molecule has 0 bridgehead atoms. The molecule has 0 aliphatic carbocycles. The van der Waals surface area contributed by atoms with Crippen molar-refractivity contribution in [1.29, 1.82) is 0 Å². The lowest BCUT2D eigenvalue weighted by molar-refractivity contribution is -0.122. The quantitative estimate of drug-likeness (QED) is 0.374. The number of rotatable bonds is 4. The van der Waals surface area contributed by atoms with Gasteiger partial charge >= 0.3 is 0 Å². The number of carbonyl (C=O) groups is 2. The van der Waals surface area contributed by atoms with Crippen LogP contribution in [0.3, 0.4) is 0 Å². The van der Waals surface area contributed by atoms with E-state index in [1.54, 1.807) is 30.3 Å². The lowest BCUT2D eigenvalue weighted by Gasteiger charge is -2.29. The second kappa shape index (κ2) is 8.17. The van der Waals surface area contributed by atoms with E-state index in [9.17, 15) is 9.59 Å². The summed E-state index contributed by atoms with van der Waals surface area (Å²) in [6, 6.07) is 16.3. The zero-order valence-electron chi connectivity index (χ0n) is 16.2. The van der Waals surface area contributed by atoms with Crippen LogP contribution in [0.2, 0.25) is 0 Å². The largest absolute Gasteiger partial charge is 0.457 e. The van der Waals surface area contributed by atoms with Crippen LogP contribution in [0.25, 0.3) is 6.08 Å². The number of nitrogens with one attached hydrogen (secondary N) is 1. The summed E-state index contributed by atoms with van der Waals surface area (Å²) in [7, 11) is 0. The van der Waals surface area contributed by atoms with Crippen LogP contribution in [0, 0.1) is 13.8 Å². The Bertz CT molecular complexity index is 1150. The van der Waals surface area contributed by atoms with Gasteiger partial charge in [0.1, 0.15) is 17.1 Å². The molecular weight excluding hydrogens is 418 g/mol. The number of hydrogen-bond donors (Lipinski definition) is 1. The first kappa shape index (κ1) is 19.9. The van der Waals surface area contributed by atoms with Crippen molar-refractivity contribution in [1.82, 2.24) is 9.69 Å². The molecule has 4 rings (SSSR count). The van der Waals surface area contributed by atoms with Gasteiger partial charge in [-0.3, -0.25) is 19.8 Å². The SMILES string of the molecule is Cc1nsc(C)c1C=C1C(=O)NC(=S)N(c2ccc(Oc3ccccc3)cc2)C1=O. The molecule has 1 saturated heterocycles. The van der Waals surface area contributed by atoms with Crippen LogP contribution in [0.5, 0.6) is 11.5 Å². The molecule has 1 N–H and O–H groups in total. The molecule has 1 fully saturated rings. The van der Waals surface area contributed by atoms with E-state index in [-0.39, 0.29) is 10.7 Å². The van der Waals surface area contributed by atoms with E-state index in [1.807, 2.05) is 44.2 Å². The Labute approximate surface area is 183 Å². The third kappa shape index (κ3) is 3.87. The Morgan fingerprint density at radius 3 is 2.33 bits per heavy atom. The van der Waals surface area contributed by atoms with Crippen LogP contribution in [0.15, 0.2) is 60.2 Å². The number of aromatic nitrogens is 1. The summed E-state index contributed by atoms with van der Waals surface area (Å²) in [5.41, 5.74) is 2.10. The van der Waals surface area contributed by atoms with Crippen molar-refractivity contribution in [2.24, 2.45) is 0 Å². The van der Waals surface area contributed by atoms with Gasteiger partial charge in [-0.1, -0.05) is 18.2 Å². The molecule has 0 unspecified atom stereocenters. The van der Waals surface area contributed by atoms with Gasteiger partial charge in [0.15, 0.2) is 5.11 Å². The fourth-order valence-corrected chi connectivity index (χ4v) is 3.98. The van der Waals surface area contributed by atoms with Gasteiger partial charge in [-0.15, -0.1) is 0 Å². The Kier molecular flexibility index (Phi) is 5.43. The summed E-state index contributed by atoms with van der Waals surface area (Å²) in [5, 5.41) is 2.63. The van der Waals surface area contributed by atoms with Crippen molar-refractivity contribution in [2.75, 3.05) is 4.90 Å². The summed E-state index contributed by atoms with van der Waals surface area (Å²) in [6.07, 6.45) is 1.58. The van der Waals surface area contributed by atoms with Gasteiger partial charge in [0.05, 0.1) is 11.4 Å². The average molecular weight is 436 g/mol. The number of ether oxygens (including phenoxy) is 1. The summed E-state index contributed by atoms with van der Waals surface area (Å²) in [4.78, 5) is 27.8. The van der Waals surface area contributed by atoms with E-state index < -0.39 is 11.8 Å². The van der Waals surface area contributed by atoms with Gasteiger partial charge in [-0.2, -0.15) is 4.37 Å². The first-order valence-electron chi connectivity index (χ1n) is 9.11. The Balaban J connectivity index is 1.62. The fraction of sp³-hybridized carbons (Fsp3) is 0.0909. The number of hydrogen-bond acceptors (Lipinski definition) is 6. The van der Waals surface area contributed by atoms with Crippen LogP contribution in [0.1, 0.15) is 16.1 Å². The highest BCUT2D eigenvalue weighted by atomic mass is 32.1. The number of amides is 2. The van der Waals surface area contributed by atoms with Crippen LogP contribution < -0.4 is 15.0 Å². The number of para-hydroxylation sites is 1. The second-order valence-electron chi connectivity index (χ2n) is 6.60. The highest BCUT2D eigenvalue weighted by Gasteiger charge is 2.34. The number of aryl methyl sites for hydroxylation is 2. The van der Waals surface area contributed by atoms with E-state index >= 15 is 0 Å². The molecule has 0 atom stereocenters. The highest BCUT2D eigenvalue weighted by molar-refractivity contribution is 7.80. The van der Waals surface area contributed by atoms with Crippen molar-refractivity contribution < 1.29 is 14.3 Å².